The molecule has 0 spiro atoms. The summed E-state index contributed by atoms with van der Waals surface area (Å²) < 4.78 is 5.54. The van der Waals surface area contributed by atoms with Crippen LogP contribution in [-0.2, 0) is 16.1 Å². The van der Waals surface area contributed by atoms with Gasteiger partial charge in [-0.3, -0.25) is 9.69 Å². The van der Waals surface area contributed by atoms with Crippen LogP contribution in [0.3, 0.4) is 0 Å². The van der Waals surface area contributed by atoms with Crippen LogP contribution in [0.1, 0.15) is 51.5 Å². The van der Waals surface area contributed by atoms with Gasteiger partial charge in [0.1, 0.15) is 12.6 Å². The average Bonchev–Trinajstić information content (AvgIpc) is 2.71. The summed E-state index contributed by atoms with van der Waals surface area (Å²) in [5.41, 5.74) is 0.200. The first-order chi connectivity index (χ1) is 13.4. The number of piperidine rings is 1. The molecule has 3 rings (SSSR count). The van der Waals surface area contributed by atoms with Crippen molar-refractivity contribution in [3.8, 4) is 0 Å². The highest BCUT2D eigenvalue weighted by Crippen LogP contribution is 2.39. The van der Waals surface area contributed by atoms with Crippen molar-refractivity contribution in [3.63, 3.8) is 0 Å². The number of hydrogen-bond donors (Lipinski definition) is 2. The second kappa shape index (κ2) is 8.95. The summed E-state index contributed by atoms with van der Waals surface area (Å²) in [5.74, 6) is 0.701. The van der Waals surface area contributed by atoms with Crippen LogP contribution in [0, 0.1) is 11.8 Å². The number of hydrogen-bond acceptors (Lipinski definition) is 4. The van der Waals surface area contributed by atoms with E-state index in [1.54, 1.807) is 18.7 Å². The fourth-order valence-corrected chi connectivity index (χ4v) is 4.34. The number of nitrogens with zero attached hydrogens (tertiary/aromatic N) is 1. The van der Waals surface area contributed by atoms with Crippen molar-refractivity contribution in [2.75, 3.05) is 13.2 Å². The Morgan fingerprint density at radius 3 is 2.54 bits per heavy atom. The molecule has 1 saturated carbocycles. The highest BCUT2D eigenvalue weighted by Gasteiger charge is 2.43. The molecule has 1 aromatic carbocycles. The van der Waals surface area contributed by atoms with Crippen LogP contribution in [0.4, 0.5) is 4.79 Å². The first-order valence-corrected chi connectivity index (χ1v) is 10.3. The van der Waals surface area contributed by atoms with Crippen LogP contribution in [0.15, 0.2) is 30.3 Å². The quantitative estimate of drug-likeness (QED) is 0.812. The molecule has 2 aliphatic rings. The molecule has 28 heavy (non-hydrogen) atoms. The van der Waals surface area contributed by atoms with Crippen molar-refractivity contribution in [2.45, 2.75) is 64.1 Å². The van der Waals surface area contributed by atoms with Crippen LogP contribution < -0.4 is 5.32 Å². The lowest BCUT2D eigenvalue weighted by Gasteiger charge is -2.45. The van der Waals surface area contributed by atoms with Crippen LogP contribution in [0.2, 0.25) is 0 Å². The van der Waals surface area contributed by atoms with Gasteiger partial charge in [-0.2, -0.15) is 0 Å². The number of rotatable bonds is 5. The largest absolute Gasteiger partial charge is 0.445 e. The molecule has 154 valence electrons. The second-order valence-corrected chi connectivity index (χ2v) is 8.78. The minimum atomic E-state index is -0.722. The lowest BCUT2D eigenvalue weighted by atomic mass is 9.73. The third-order valence-electron chi connectivity index (χ3n) is 6.00. The van der Waals surface area contributed by atoms with E-state index >= 15 is 0 Å². The molecule has 0 unspecified atom stereocenters. The van der Waals surface area contributed by atoms with Gasteiger partial charge in [0, 0.05) is 6.54 Å². The Balaban J connectivity index is 1.71. The zero-order valence-corrected chi connectivity index (χ0v) is 16.9. The van der Waals surface area contributed by atoms with Crippen molar-refractivity contribution < 1.29 is 19.4 Å². The third kappa shape index (κ3) is 5.04. The van der Waals surface area contributed by atoms with Crippen molar-refractivity contribution >= 4 is 12.0 Å². The maximum Gasteiger partial charge on any atom is 0.410 e. The number of carbonyl (C=O) groups is 2. The Morgan fingerprint density at radius 2 is 1.86 bits per heavy atom. The molecule has 2 N–H and O–H groups in total. The van der Waals surface area contributed by atoms with E-state index in [-0.39, 0.29) is 19.1 Å². The van der Waals surface area contributed by atoms with Crippen LogP contribution in [0.5, 0.6) is 0 Å². The monoisotopic (exact) mass is 388 g/mol. The number of benzene rings is 1. The lowest BCUT2D eigenvalue weighted by molar-refractivity contribution is -0.131. The highest BCUT2D eigenvalue weighted by atomic mass is 16.6. The van der Waals surface area contributed by atoms with Gasteiger partial charge in [0.05, 0.1) is 12.1 Å². The molecule has 6 nitrogen and oxygen atoms in total. The second-order valence-electron chi connectivity index (χ2n) is 8.78. The molecule has 1 heterocycles. The first kappa shape index (κ1) is 20.6. The minimum Gasteiger partial charge on any atom is -0.445 e. The smallest absolute Gasteiger partial charge is 0.410 e. The zero-order chi connectivity index (χ0) is 20.1. The topological polar surface area (TPSA) is 78.9 Å². The Kier molecular flexibility index (Phi) is 6.60. The Bertz CT molecular complexity index is 676. The maximum absolute atomic E-state index is 13.0. The van der Waals surface area contributed by atoms with Gasteiger partial charge in [0.25, 0.3) is 0 Å². The summed E-state index contributed by atoms with van der Waals surface area (Å²) in [6.07, 6.45) is 4.82. The normalized spacial score (nSPS) is 25.0. The van der Waals surface area contributed by atoms with Gasteiger partial charge in [-0.25, -0.2) is 4.79 Å². The Morgan fingerprint density at radius 1 is 1.18 bits per heavy atom. The number of nitrogens with one attached hydrogen (secondary N) is 1. The molecule has 1 aromatic rings. The fourth-order valence-electron chi connectivity index (χ4n) is 4.34. The molecular formula is C22H32N2O4. The summed E-state index contributed by atoms with van der Waals surface area (Å²) >= 11 is 0. The van der Waals surface area contributed by atoms with Crippen LogP contribution in [0.25, 0.3) is 0 Å². The van der Waals surface area contributed by atoms with Gasteiger partial charge in [0.15, 0.2) is 0 Å². The van der Waals surface area contributed by atoms with E-state index in [1.165, 1.54) is 12.8 Å². The Hall–Kier alpha value is -2.08. The van der Waals surface area contributed by atoms with Crippen LogP contribution in [-0.4, -0.2) is 46.7 Å². The molecule has 3 atom stereocenters. The summed E-state index contributed by atoms with van der Waals surface area (Å²) in [4.78, 5) is 27.4. The zero-order valence-electron chi connectivity index (χ0n) is 16.9. The fraction of sp³-hybridized carbons (Fsp3) is 0.636. The van der Waals surface area contributed by atoms with Gasteiger partial charge in [-0.1, -0.05) is 49.6 Å². The Labute approximate surface area is 167 Å². The average molecular weight is 389 g/mol. The number of aliphatic hydroxyl groups excluding tert-OH is 1. The van der Waals surface area contributed by atoms with Gasteiger partial charge in [-0.05, 0) is 44.1 Å². The molecule has 1 saturated heterocycles. The van der Waals surface area contributed by atoms with E-state index in [4.69, 9.17) is 4.74 Å². The standard InChI is InChI=1S/C22H32N2O4/c1-22(2,15-25)23-20(26)19-12-17-10-6-7-11-18(17)13-24(19)21(27)28-14-16-8-4-3-5-9-16/h3-5,8-9,17-19,25H,6-7,10-15H2,1-2H3,(H,23,26)/t17-,18+,19-/m0/s1. The number of amides is 2. The van der Waals surface area contributed by atoms with E-state index in [0.29, 0.717) is 24.8 Å². The summed E-state index contributed by atoms with van der Waals surface area (Å²) in [5, 5.41) is 12.4. The molecule has 0 radical (unpaired) electrons. The van der Waals surface area contributed by atoms with E-state index in [9.17, 15) is 14.7 Å². The predicted octanol–water partition coefficient (Wildman–Crippen LogP) is 3.09. The van der Waals surface area contributed by atoms with Crippen molar-refractivity contribution in [3.05, 3.63) is 35.9 Å². The lowest BCUT2D eigenvalue weighted by Crippen LogP contribution is -2.60. The summed E-state index contributed by atoms with van der Waals surface area (Å²) in [6, 6.07) is 9.01. The number of aliphatic hydroxyl groups is 1. The molecule has 0 bridgehead atoms. The first-order valence-electron chi connectivity index (χ1n) is 10.3. The minimum absolute atomic E-state index is 0.157. The van der Waals surface area contributed by atoms with Gasteiger partial charge < -0.3 is 15.2 Å². The molecule has 6 heteroatoms. The third-order valence-corrected chi connectivity index (χ3v) is 6.00. The maximum atomic E-state index is 13.0. The van der Waals surface area contributed by atoms with Crippen molar-refractivity contribution in [1.82, 2.24) is 10.2 Å². The predicted molar refractivity (Wildman–Crippen MR) is 106 cm³/mol. The van der Waals surface area contributed by atoms with Gasteiger partial charge >= 0.3 is 6.09 Å². The number of likely N-dealkylation sites (tertiary alicyclic amines) is 1. The summed E-state index contributed by atoms with van der Waals surface area (Å²) in [6.45, 7) is 4.15. The number of carbonyl (C=O) groups excluding carboxylic acids is 2. The molecule has 2 amide bonds. The van der Waals surface area contributed by atoms with Gasteiger partial charge in [-0.15, -0.1) is 0 Å². The molecule has 1 aliphatic heterocycles. The van der Waals surface area contributed by atoms with E-state index in [0.717, 1.165) is 18.4 Å². The SMILES string of the molecule is CC(C)(CO)NC(=O)[C@@H]1C[C@@H]2CCCC[C@@H]2CN1C(=O)OCc1ccccc1. The molecule has 2 fully saturated rings. The van der Waals surface area contributed by atoms with E-state index in [1.807, 2.05) is 30.3 Å². The summed E-state index contributed by atoms with van der Waals surface area (Å²) in [7, 11) is 0. The molecule has 0 aromatic heterocycles. The highest BCUT2D eigenvalue weighted by molar-refractivity contribution is 5.86. The van der Waals surface area contributed by atoms with E-state index in [2.05, 4.69) is 5.32 Å². The van der Waals surface area contributed by atoms with Gasteiger partial charge in [0.2, 0.25) is 5.91 Å². The van der Waals surface area contributed by atoms with E-state index < -0.39 is 17.7 Å². The van der Waals surface area contributed by atoms with Crippen LogP contribution >= 0.6 is 0 Å². The molecular weight excluding hydrogens is 356 g/mol. The van der Waals surface area contributed by atoms with Crippen molar-refractivity contribution in [2.24, 2.45) is 11.8 Å². The molecule has 1 aliphatic carbocycles. The van der Waals surface area contributed by atoms with Crippen molar-refractivity contribution in [1.29, 1.82) is 0 Å². The number of fused-ring (bicyclic) bond motifs is 1. The number of ether oxygens (including phenoxy) is 1.